The van der Waals surface area contributed by atoms with Crippen molar-refractivity contribution in [3.05, 3.63) is 95.6 Å². The molecule has 1 N–H and O–H groups in total. The van der Waals surface area contributed by atoms with Crippen LogP contribution in [0.15, 0.2) is 78.9 Å². The SMILES string of the molecule is CCc1ccc(NC(=O)COC(=O)C(=Cc2ccccc2OC)c2ccccc2)cc1. The Morgan fingerprint density at radius 3 is 2.26 bits per heavy atom. The number of ether oxygens (including phenoxy) is 2. The molecule has 0 saturated carbocycles. The van der Waals surface area contributed by atoms with Gasteiger partial charge in [0.1, 0.15) is 5.75 Å². The molecule has 0 radical (unpaired) electrons. The van der Waals surface area contributed by atoms with Gasteiger partial charge in [0.25, 0.3) is 5.91 Å². The Morgan fingerprint density at radius 2 is 1.58 bits per heavy atom. The zero-order valence-corrected chi connectivity index (χ0v) is 17.6. The molecule has 0 spiro atoms. The summed E-state index contributed by atoms with van der Waals surface area (Å²) in [7, 11) is 1.57. The minimum atomic E-state index is -0.589. The van der Waals surface area contributed by atoms with E-state index in [9.17, 15) is 9.59 Å². The molecule has 0 saturated heterocycles. The number of carbonyl (C=O) groups is 2. The predicted octanol–water partition coefficient (Wildman–Crippen LogP) is 4.98. The molecule has 31 heavy (non-hydrogen) atoms. The van der Waals surface area contributed by atoms with Crippen LogP contribution < -0.4 is 10.1 Å². The van der Waals surface area contributed by atoms with Crippen molar-refractivity contribution in [1.82, 2.24) is 0 Å². The number of para-hydroxylation sites is 1. The first kappa shape index (κ1) is 21.8. The van der Waals surface area contributed by atoms with E-state index in [4.69, 9.17) is 9.47 Å². The summed E-state index contributed by atoms with van der Waals surface area (Å²) in [6.07, 6.45) is 2.63. The van der Waals surface area contributed by atoms with E-state index in [0.29, 0.717) is 22.6 Å². The number of methoxy groups -OCH3 is 1. The third-order valence-corrected chi connectivity index (χ3v) is 4.72. The van der Waals surface area contributed by atoms with Crippen LogP contribution in [0, 0.1) is 0 Å². The van der Waals surface area contributed by atoms with Crippen LogP contribution in [0.25, 0.3) is 11.6 Å². The molecule has 0 aliphatic heterocycles. The van der Waals surface area contributed by atoms with Gasteiger partial charge in [0.05, 0.1) is 12.7 Å². The van der Waals surface area contributed by atoms with Gasteiger partial charge in [0.2, 0.25) is 0 Å². The van der Waals surface area contributed by atoms with Crippen LogP contribution in [0.5, 0.6) is 5.75 Å². The molecule has 0 bridgehead atoms. The summed E-state index contributed by atoms with van der Waals surface area (Å²) in [5.74, 6) is -0.354. The molecule has 158 valence electrons. The molecule has 0 fully saturated rings. The summed E-state index contributed by atoms with van der Waals surface area (Å²) in [6.45, 7) is 1.68. The second-order valence-electron chi connectivity index (χ2n) is 6.84. The lowest BCUT2D eigenvalue weighted by molar-refractivity contribution is -0.141. The molecule has 5 nitrogen and oxygen atoms in total. The molecule has 3 aromatic rings. The topological polar surface area (TPSA) is 64.6 Å². The van der Waals surface area contributed by atoms with E-state index in [1.54, 1.807) is 13.2 Å². The van der Waals surface area contributed by atoms with Crippen LogP contribution in [-0.4, -0.2) is 25.6 Å². The van der Waals surface area contributed by atoms with Gasteiger partial charge in [0, 0.05) is 11.3 Å². The standard InChI is InChI=1S/C26H25NO4/c1-3-19-13-15-22(16-14-19)27-25(28)18-31-26(29)23(20-9-5-4-6-10-20)17-21-11-7-8-12-24(21)30-2/h4-17H,3,18H2,1-2H3,(H,27,28). The summed E-state index contributed by atoms with van der Waals surface area (Å²) in [4.78, 5) is 25.1. The first-order valence-corrected chi connectivity index (χ1v) is 10.1. The maximum atomic E-state index is 12.9. The number of aryl methyl sites for hydroxylation is 1. The van der Waals surface area contributed by atoms with Gasteiger partial charge in [-0.05, 0) is 41.8 Å². The largest absolute Gasteiger partial charge is 0.496 e. The first-order chi connectivity index (χ1) is 15.1. The van der Waals surface area contributed by atoms with E-state index in [0.717, 1.165) is 12.0 Å². The van der Waals surface area contributed by atoms with Gasteiger partial charge in [0.15, 0.2) is 6.61 Å². The van der Waals surface area contributed by atoms with Crippen molar-refractivity contribution < 1.29 is 19.1 Å². The van der Waals surface area contributed by atoms with Crippen molar-refractivity contribution in [2.45, 2.75) is 13.3 Å². The zero-order chi connectivity index (χ0) is 22.1. The van der Waals surface area contributed by atoms with Crippen LogP contribution >= 0.6 is 0 Å². The van der Waals surface area contributed by atoms with Crippen LogP contribution in [-0.2, 0) is 20.7 Å². The third kappa shape index (κ3) is 6.06. The monoisotopic (exact) mass is 415 g/mol. The van der Waals surface area contributed by atoms with E-state index in [-0.39, 0.29) is 6.61 Å². The highest BCUT2D eigenvalue weighted by molar-refractivity contribution is 6.22. The minimum absolute atomic E-state index is 0.338. The summed E-state index contributed by atoms with van der Waals surface area (Å²) >= 11 is 0. The fourth-order valence-corrected chi connectivity index (χ4v) is 3.05. The quantitative estimate of drug-likeness (QED) is 0.320. The molecule has 0 atom stereocenters. The highest BCUT2D eigenvalue weighted by Crippen LogP contribution is 2.25. The number of nitrogens with one attached hydrogen (secondary N) is 1. The lowest BCUT2D eigenvalue weighted by Gasteiger charge is -2.11. The molecule has 3 aromatic carbocycles. The molecule has 0 unspecified atom stereocenters. The zero-order valence-electron chi connectivity index (χ0n) is 17.6. The molecular weight excluding hydrogens is 390 g/mol. The third-order valence-electron chi connectivity index (χ3n) is 4.72. The molecule has 0 aliphatic rings. The Labute approximate surface area is 182 Å². The average Bonchev–Trinajstić information content (AvgIpc) is 2.82. The summed E-state index contributed by atoms with van der Waals surface area (Å²) in [5.41, 5.74) is 3.60. The smallest absolute Gasteiger partial charge is 0.339 e. The number of anilines is 1. The maximum Gasteiger partial charge on any atom is 0.339 e. The average molecular weight is 415 g/mol. The van der Waals surface area contributed by atoms with Crippen molar-refractivity contribution >= 4 is 29.2 Å². The van der Waals surface area contributed by atoms with E-state index >= 15 is 0 Å². The Morgan fingerprint density at radius 1 is 0.903 bits per heavy atom. The number of hydrogen-bond donors (Lipinski definition) is 1. The fraction of sp³-hybridized carbons (Fsp3) is 0.154. The van der Waals surface area contributed by atoms with Gasteiger partial charge in [-0.15, -0.1) is 0 Å². The van der Waals surface area contributed by atoms with Crippen molar-refractivity contribution in [3.8, 4) is 5.75 Å². The normalized spacial score (nSPS) is 11.0. The molecule has 5 heteroatoms. The van der Waals surface area contributed by atoms with Gasteiger partial charge < -0.3 is 14.8 Å². The van der Waals surface area contributed by atoms with Crippen LogP contribution in [0.3, 0.4) is 0 Å². The summed E-state index contributed by atoms with van der Waals surface area (Å²) < 4.78 is 10.7. The maximum absolute atomic E-state index is 12.9. The van der Waals surface area contributed by atoms with Crippen LogP contribution in [0.4, 0.5) is 5.69 Å². The lowest BCUT2D eigenvalue weighted by atomic mass is 10.0. The summed E-state index contributed by atoms with van der Waals surface area (Å²) in [6, 6.07) is 24.1. The number of carbonyl (C=O) groups excluding carboxylic acids is 2. The Hall–Kier alpha value is -3.86. The molecule has 0 aromatic heterocycles. The van der Waals surface area contributed by atoms with E-state index in [1.807, 2.05) is 78.9 Å². The molecule has 0 heterocycles. The number of hydrogen-bond acceptors (Lipinski definition) is 4. The second-order valence-corrected chi connectivity index (χ2v) is 6.84. The van der Waals surface area contributed by atoms with Gasteiger partial charge in [-0.25, -0.2) is 4.79 Å². The lowest BCUT2D eigenvalue weighted by Crippen LogP contribution is -2.21. The number of amides is 1. The fourth-order valence-electron chi connectivity index (χ4n) is 3.05. The van der Waals surface area contributed by atoms with E-state index in [2.05, 4.69) is 12.2 Å². The molecule has 1 amide bonds. The Balaban J connectivity index is 1.74. The Bertz CT molecular complexity index is 1060. The second kappa shape index (κ2) is 10.8. The van der Waals surface area contributed by atoms with Crippen molar-refractivity contribution in [3.63, 3.8) is 0 Å². The summed E-state index contributed by atoms with van der Waals surface area (Å²) in [5, 5.41) is 2.74. The number of benzene rings is 3. The van der Waals surface area contributed by atoms with Crippen LogP contribution in [0.2, 0.25) is 0 Å². The van der Waals surface area contributed by atoms with Crippen LogP contribution in [0.1, 0.15) is 23.6 Å². The minimum Gasteiger partial charge on any atom is -0.496 e. The number of esters is 1. The van der Waals surface area contributed by atoms with Gasteiger partial charge >= 0.3 is 5.97 Å². The van der Waals surface area contributed by atoms with Crippen molar-refractivity contribution in [2.75, 3.05) is 19.0 Å². The Kier molecular flexibility index (Phi) is 7.60. The molecular formula is C26H25NO4. The highest BCUT2D eigenvalue weighted by atomic mass is 16.5. The van der Waals surface area contributed by atoms with Crippen molar-refractivity contribution in [1.29, 1.82) is 0 Å². The van der Waals surface area contributed by atoms with E-state index < -0.39 is 11.9 Å². The van der Waals surface area contributed by atoms with Gasteiger partial charge in [-0.1, -0.05) is 67.6 Å². The molecule has 0 aliphatic carbocycles. The predicted molar refractivity (Wildman–Crippen MR) is 123 cm³/mol. The van der Waals surface area contributed by atoms with E-state index in [1.165, 1.54) is 5.56 Å². The molecule has 3 rings (SSSR count). The number of rotatable bonds is 8. The van der Waals surface area contributed by atoms with Gasteiger partial charge in [-0.3, -0.25) is 4.79 Å². The van der Waals surface area contributed by atoms with Gasteiger partial charge in [-0.2, -0.15) is 0 Å². The first-order valence-electron chi connectivity index (χ1n) is 10.1. The highest BCUT2D eigenvalue weighted by Gasteiger charge is 2.16. The van der Waals surface area contributed by atoms with Crippen molar-refractivity contribution in [2.24, 2.45) is 0 Å².